The Morgan fingerprint density at radius 2 is 0.468 bits per heavy atom. The largest absolute Gasteiger partial charge is 0.462 e. The topological polar surface area (TPSA) is 78.9 Å². The van der Waals surface area contributed by atoms with Crippen molar-refractivity contribution in [3.05, 3.63) is 24.3 Å². The summed E-state index contributed by atoms with van der Waals surface area (Å²) in [6.45, 7) is 6.66. The first-order chi connectivity index (χ1) is 38.0. The summed E-state index contributed by atoms with van der Waals surface area (Å²) in [5.41, 5.74) is 0. The van der Waals surface area contributed by atoms with Crippen LogP contribution in [0, 0.1) is 0 Å². The van der Waals surface area contributed by atoms with E-state index in [9.17, 15) is 14.4 Å². The van der Waals surface area contributed by atoms with E-state index in [1.807, 2.05) is 0 Å². The van der Waals surface area contributed by atoms with Gasteiger partial charge in [-0.2, -0.15) is 0 Å². The fourth-order valence-electron chi connectivity index (χ4n) is 10.7. The van der Waals surface area contributed by atoms with Crippen LogP contribution in [-0.4, -0.2) is 37.2 Å². The molecule has 0 amide bonds. The molecule has 0 aromatic rings. The highest BCUT2D eigenvalue weighted by Gasteiger charge is 2.19. The van der Waals surface area contributed by atoms with E-state index in [1.165, 1.54) is 289 Å². The van der Waals surface area contributed by atoms with Gasteiger partial charge in [-0.1, -0.05) is 347 Å². The van der Waals surface area contributed by atoms with Crippen LogP contribution in [-0.2, 0) is 28.6 Å². The van der Waals surface area contributed by atoms with Crippen LogP contribution in [0.5, 0.6) is 0 Å². The zero-order valence-corrected chi connectivity index (χ0v) is 52.3. The van der Waals surface area contributed by atoms with Crippen molar-refractivity contribution >= 4 is 17.9 Å². The SMILES string of the molecule is CCCCCCC/C=C\C/C=C\CCCCCCCCCCCCCC(=O)OC(COC(=O)CCCCCCCCC)COC(=O)CCCCCCCCCCCCCCCCCCCCCCCCCCCCCCC. The van der Waals surface area contributed by atoms with Gasteiger partial charge in [0.05, 0.1) is 0 Å². The molecule has 1 unspecified atom stereocenters. The maximum Gasteiger partial charge on any atom is 0.306 e. The lowest BCUT2D eigenvalue weighted by Gasteiger charge is -2.18. The Kier molecular flexibility index (Phi) is 64.6. The summed E-state index contributed by atoms with van der Waals surface area (Å²) in [5, 5.41) is 0. The standard InChI is InChI=1S/C71H134O6/c1-4-7-10-13-16-18-20-22-24-26-28-30-32-33-34-35-36-37-39-40-42-44-46-48-50-52-55-58-61-64-70(73)76-67-68(66-75-69(72)63-60-57-54-15-12-9-6-3)77-71(74)65-62-59-56-53-51-49-47-45-43-41-38-31-29-27-25-23-21-19-17-14-11-8-5-2/h21,23,27,29,68H,4-20,22,24-26,28,30-67H2,1-3H3/b23-21-,29-27-. The van der Waals surface area contributed by atoms with Gasteiger partial charge in [-0.25, -0.2) is 0 Å². The molecule has 0 N–H and O–H groups in total. The molecule has 0 heterocycles. The van der Waals surface area contributed by atoms with Gasteiger partial charge in [0.25, 0.3) is 0 Å². The maximum absolute atomic E-state index is 12.9. The lowest BCUT2D eigenvalue weighted by Crippen LogP contribution is -2.30. The van der Waals surface area contributed by atoms with Gasteiger partial charge in [0.15, 0.2) is 6.10 Å². The quantitative estimate of drug-likeness (QED) is 0.0261. The third-order valence-electron chi connectivity index (χ3n) is 16.0. The summed E-state index contributed by atoms with van der Waals surface area (Å²) in [7, 11) is 0. The second kappa shape index (κ2) is 66.4. The molecule has 0 spiro atoms. The first-order valence-corrected chi connectivity index (χ1v) is 34.8. The van der Waals surface area contributed by atoms with Gasteiger partial charge in [0, 0.05) is 19.3 Å². The smallest absolute Gasteiger partial charge is 0.306 e. The van der Waals surface area contributed by atoms with Gasteiger partial charge >= 0.3 is 17.9 Å². The Hall–Kier alpha value is -2.11. The maximum atomic E-state index is 12.9. The fourth-order valence-corrected chi connectivity index (χ4v) is 10.7. The van der Waals surface area contributed by atoms with Crippen LogP contribution in [0.2, 0.25) is 0 Å². The molecule has 77 heavy (non-hydrogen) atoms. The van der Waals surface area contributed by atoms with E-state index in [0.717, 1.165) is 64.2 Å². The number of ether oxygens (including phenoxy) is 3. The number of unbranched alkanes of at least 4 members (excludes halogenated alkanes) is 50. The Balaban J connectivity index is 4.01. The summed E-state index contributed by atoms with van der Waals surface area (Å²) in [6, 6.07) is 0. The summed E-state index contributed by atoms with van der Waals surface area (Å²) < 4.78 is 16.9. The molecular weight excluding hydrogens is 949 g/mol. The number of hydrogen-bond donors (Lipinski definition) is 0. The lowest BCUT2D eigenvalue weighted by atomic mass is 10.0. The predicted molar refractivity (Wildman–Crippen MR) is 335 cm³/mol. The molecule has 0 aromatic carbocycles. The van der Waals surface area contributed by atoms with E-state index in [-0.39, 0.29) is 31.1 Å². The zero-order valence-electron chi connectivity index (χ0n) is 52.3. The third-order valence-corrected chi connectivity index (χ3v) is 16.0. The van der Waals surface area contributed by atoms with Crippen LogP contribution in [0.3, 0.4) is 0 Å². The van der Waals surface area contributed by atoms with Gasteiger partial charge in [0.2, 0.25) is 0 Å². The van der Waals surface area contributed by atoms with Crippen LogP contribution >= 0.6 is 0 Å². The molecule has 0 fully saturated rings. The van der Waals surface area contributed by atoms with E-state index in [4.69, 9.17) is 14.2 Å². The minimum Gasteiger partial charge on any atom is -0.462 e. The predicted octanol–water partition coefficient (Wildman–Crippen LogP) is 23.8. The van der Waals surface area contributed by atoms with E-state index < -0.39 is 6.10 Å². The Morgan fingerprint density at radius 1 is 0.260 bits per heavy atom. The molecular formula is C71H134O6. The van der Waals surface area contributed by atoms with Crippen molar-refractivity contribution in [3.63, 3.8) is 0 Å². The number of esters is 3. The monoisotopic (exact) mass is 1080 g/mol. The van der Waals surface area contributed by atoms with E-state index in [0.29, 0.717) is 19.3 Å². The molecule has 6 heteroatoms. The number of carbonyl (C=O) groups excluding carboxylic acids is 3. The summed E-state index contributed by atoms with van der Waals surface area (Å²) in [5.74, 6) is -0.848. The molecule has 0 aliphatic rings. The minimum absolute atomic E-state index is 0.0664. The van der Waals surface area contributed by atoms with Gasteiger partial charge < -0.3 is 14.2 Å². The molecule has 0 aliphatic heterocycles. The number of carbonyl (C=O) groups is 3. The normalized spacial score (nSPS) is 12.1. The molecule has 0 radical (unpaired) electrons. The molecule has 0 bridgehead atoms. The van der Waals surface area contributed by atoms with Crippen LogP contribution in [0.4, 0.5) is 0 Å². The Bertz CT molecular complexity index is 1240. The van der Waals surface area contributed by atoms with Crippen molar-refractivity contribution in [2.24, 2.45) is 0 Å². The lowest BCUT2D eigenvalue weighted by molar-refractivity contribution is -0.167. The van der Waals surface area contributed by atoms with Crippen LogP contribution < -0.4 is 0 Å². The number of allylic oxidation sites excluding steroid dienone is 4. The zero-order chi connectivity index (χ0) is 55.7. The van der Waals surface area contributed by atoms with Crippen molar-refractivity contribution < 1.29 is 28.6 Å². The highest BCUT2D eigenvalue weighted by molar-refractivity contribution is 5.71. The molecule has 0 aliphatic carbocycles. The Morgan fingerprint density at radius 3 is 0.714 bits per heavy atom. The van der Waals surface area contributed by atoms with Crippen LogP contribution in [0.1, 0.15) is 393 Å². The highest BCUT2D eigenvalue weighted by atomic mass is 16.6. The molecule has 0 saturated heterocycles. The van der Waals surface area contributed by atoms with E-state index in [1.54, 1.807) is 0 Å². The molecule has 0 aromatic heterocycles. The van der Waals surface area contributed by atoms with Gasteiger partial charge in [0.1, 0.15) is 13.2 Å². The fraction of sp³-hybridized carbons (Fsp3) is 0.901. The van der Waals surface area contributed by atoms with Crippen LogP contribution in [0.25, 0.3) is 0 Å². The van der Waals surface area contributed by atoms with Gasteiger partial charge in [-0.3, -0.25) is 14.4 Å². The first kappa shape index (κ1) is 74.9. The Labute approximate surface area is 481 Å². The third kappa shape index (κ3) is 64.6. The van der Waals surface area contributed by atoms with E-state index in [2.05, 4.69) is 45.1 Å². The number of rotatable bonds is 65. The van der Waals surface area contributed by atoms with Crippen LogP contribution in [0.15, 0.2) is 24.3 Å². The van der Waals surface area contributed by atoms with Crippen molar-refractivity contribution in [2.75, 3.05) is 13.2 Å². The molecule has 0 saturated carbocycles. The van der Waals surface area contributed by atoms with Gasteiger partial charge in [-0.15, -0.1) is 0 Å². The number of hydrogen-bond acceptors (Lipinski definition) is 6. The molecule has 454 valence electrons. The first-order valence-electron chi connectivity index (χ1n) is 34.8. The van der Waals surface area contributed by atoms with E-state index >= 15 is 0 Å². The summed E-state index contributed by atoms with van der Waals surface area (Å²) in [4.78, 5) is 38.1. The second-order valence-corrected chi connectivity index (χ2v) is 23.8. The van der Waals surface area contributed by atoms with Crippen molar-refractivity contribution in [2.45, 2.75) is 399 Å². The summed E-state index contributed by atoms with van der Waals surface area (Å²) in [6.07, 6.45) is 81.0. The molecule has 1 atom stereocenters. The van der Waals surface area contributed by atoms with Crippen molar-refractivity contribution in [1.29, 1.82) is 0 Å². The second-order valence-electron chi connectivity index (χ2n) is 23.8. The van der Waals surface area contributed by atoms with Crippen molar-refractivity contribution in [3.8, 4) is 0 Å². The average Bonchev–Trinajstić information content (AvgIpc) is 3.43. The summed E-state index contributed by atoms with van der Waals surface area (Å²) >= 11 is 0. The highest BCUT2D eigenvalue weighted by Crippen LogP contribution is 2.19. The van der Waals surface area contributed by atoms with Crippen molar-refractivity contribution in [1.82, 2.24) is 0 Å². The van der Waals surface area contributed by atoms with Gasteiger partial charge in [-0.05, 0) is 51.4 Å². The molecule has 0 rings (SSSR count). The molecule has 6 nitrogen and oxygen atoms in total. The average molecular weight is 1080 g/mol. The minimum atomic E-state index is -0.767.